The Hall–Kier alpha value is -0.340. The molecule has 0 saturated heterocycles. The summed E-state index contributed by atoms with van der Waals surface area (Å²) in [6.07, 6.45) is 6.58. The molecule has 1 fully saturated rings. The van der Waals surface area contributed by atoms with Gasteiger partial charge in [0.15, 0.2) is 0 Å². The van der Waals surface area contributed by atoms with E-state index in [4.69, 9.17) is 5.73 Å². The molecule has 0 aromatic carbocycles. The smallest absolute Gasteiger partial charge is 0.0116 e. The van der Waals surface area contributed by atoms with Crippen LogP contribution in [0.3, 0.4) is 0 Å². The minimum Gasteiger partial charge on any atom is -0.327 e. The Morgan fingerprint density at radius 1 is 1.46 bits per heavy atom. The first-order valence-electron chi connectivity index (χ1n) is 5.14. The third-order valence-electron chi connectivity index (χ3n) is 3.02. The van der Waals surface area contributed by atoms with Crippen LogP contribution < -0.4 is 5.73 Å². The fourth-order valence-corrected chi connectivity index (χ4v) is 2.99. The van der Waals surface area contributed by atoms with E-state index in [1.165, 1.54) is 30.6 Å². The Balaban J connectivity index is 1.87. The second-order valence-electron chi connectivity index (χ2n) is 3.99. The fraction of sp³-hybridized carbons (Fsp3) is 0.636. The maximum Gasteiger partial charge on any atom is 0.0116 e. The molecule has 1 heterocycles. The van der Waals surface area contributed by atoms with Gasteiger partial charge in [-0.25, -0.2) is 0 Å². The van der Waals surface area contributed by atoms with Crippen molar-refractivity contribution >= 4 is 11.3 Å². The van der Waals surface area contributed by atoms with Crippen LogP contribution in [0.25, 0.3) is 0 Å². The summed E-state index contributed by atoms with van der Waals surface area (Å²) in [4.78, 5) is 1.44. The lowest BCUT2D eigenvalue weighted by Crippen LogP contribution is -2.30. The third kappa shape index (κ3) is 2.32. The molecule has 1 aliphatic carbocycles. The average Bonchev–Trinajstić information content (AvgIpc) is 2.74. The molecule has 1 nitrogen and oxygen atoms in total. The second-order valence-corrected chi connectivity index (χ2v) is 5.02. The van der Waals surface area contributed by atoms with E-state index in [2.05, 4.69) is 17.5 Å². The topological polar surface area (TPSA) is 26.0 Å². The first kappa shape index (κ1) is 9.22. The van der Waals surface area contributed by atoms with Crippen LogP contribution in [0.5, 0.6) is 0 Å². The summed E-state index contributed by atoms with van der Waals surface area (Å²) in [6, 6.07) is 4.71. The van der Waals surface area contributed by atoms with Gasteiger partial charge in [0.05, 0.1) is 0 Å². The predicted molar refractivity (Wildman–Crippen MR) is 58.0 cm³/mol. The molecule has 1 unspecified atom stereocenters. The van der Waals surface area contributed by atoms with Crippen LogP contribution in [-0.4, -0.2) is 6.04 Å². The normalized spacial score (nSPS) is 20.7. The van der Waals surface area contributed by atoms with Crippen LogP contribution in [0.4, 0.5) is 0 Å². The molecule has 2 N–H and O–H groups in total. The predicted octanol–water partition coefficient (Wildman–Crippen LogP) is 2.81. The molecular formula is C11H17NS. The van der Waals surface area contributed by atoms with Crippen molar-refractivity contribution in [3.63, 3.8) is 0 Å². The summed E-state index contributed by atoms with van der Waals surface area (Å²) < 4.78 is 0. The van der Waals surface area contributed by atoms with Crippen molar-refractivity contribution < 1.29 is 0 Å². The summed E-state index contributed by atoms with van der Waals surface area (Å²) >= 11 is 1.83. The van der Waals surface area contributed by atoms with Gasteiger partial charge in [0.1, 0.15) is 0 Å². The number of hydrogen-bond acceptors (Lipinski definition) is 2. The Morgan fingerprint density at radius 2 is 2.23 bits per heavy atom. The quantitative estimate of drug-likeness (QED) is 0.788. The molecular weight excluding hydrogens is 178 g/mol. The van der Waals surface area contributed by atoms with E-state index >= 15 is 0 Å². The lowest BCUT2D eigenvalue weighted by Gasteiger charge is -2.17. The van der Waals surface area contributed by atoms with Gasteiger partial charge in [-0.15, -0.1) is 11.3 Å². The largest absolute Gasteiger partial charge is 0.327 e. The van der Waals surface area contributed by atoms with Crippen molar-refractivity contribution in [3.05, 3.63) is 22.4 Å². The van der Waals surface area contributed by atoms with Crippen molar-refractivity contribution in [1.29, 1.82) is 0 Å². The van der Waals surface area contributed by atoms with Gasteiger partial charge < -0.3 is 5.73 Å². The molecule has 0 spiro atoms. The molecule has 0 amide bonds. The SMILES string of the molecule is NC(Cc1cccs1)C1CCCC1. The lowest BCUT2D eigenvalue weighted by atomic mass is 9.96. The first-order valence-corrected chi connectivity index (χ1v) is 6.02. The van der Waals surface area contributed by atoms with Gasteiger partial charge in [-0.2, -0.15) is 0 Å². The zero-order valence-corrected chi connectivity index (χ0v) is 8.72. The van der Waals surface area contributed by atoms with Gasteiger partial charge in [-0.3, -0.25) is 0 Å². The van der Waals surface area contributed by atoms with Crippen LogP contribution >= 0.6 is 11.3 Å². The molecule has 13 heavy (non-hydrogen) atoms. The van der Waals surface area contributed by atoms with Crippen molar-refractivity contribution in [2.45, 2.75) is 38.1 Å². The summed E-state index contributed by atoms with van der Waals surface area (Å²) in [7, 11) is 0. The molecule has 1 saturated carbocycles. The second kappa shape index (κ2) is 4.25. The van der Waals surface area contributed by atoms with Gasteiger partial charge in [0.2, 0.25) is 0 Å². The number of hydrogen-bond donors (Lipinski definition) is 1. The molecule has 0 radical (unpaired) electrons. The fourth-order valence-electron chi connectivity index (χ4n) is 2.21. The number of nitrogens with two attached hydrogens (primary N) is 1. The molecule has 0 aliphatic heterocycles. The van der Waals surface area contributed by atoms with Crippen LogP contribution in [-0.2, 0) is 6.42 Å². The minimum absolute atomic E-state index is 0.404. The van der Waals surface area contributed by atoms with Gasteiger partial charge >= 0.3 is 0 Å². The van der Waals surface area contributed by atoms with Crippen LogP contribution in [0.2, 0.25) is 0 Å². The molecule has 2 heteroatoms. The van der Waals surface area contributed by atoms with Crippen molar-refractivity contribution in [3.8, 4) is 0 Å². The monoisotopic (exact) mass is 195 g/mol. The average molecular weight is 195 g/mol. The Labute approximate surface area is 84.0 Å². The summed E-state index contributed by atoms with van der Waals surface area (Å²) in [5, 5.41) is 2.14. The van der Waals surface area contributed by atoms with Crippen molar-refractivity contribution in [2.24, 2.45) is 11.7 Å². The molecule has 1 aromatic heterocycles. The van der Waals surface area contributed by atoms with E-state index in [-0.39, 0.29) is 0 Å². The highest BCUT2D eigenvalue weighted by molar-refractivity contribution is 7.09. The van der Waals surface area contributed by atoms with E-state index < -0.39 is 0 Å². The van der Waals surface area contributed by atoms with Gasteiger partial charge in [0.25, 0.3) is 0 Å². The Kier molecular flexibility index (Phi) is 3.01. The van der Waals surface area contributed by atoms with E-state index in [0.717, 1.165) is 12.3 Å². The first-order chi connectivity index (χ1) is 6.36. The molecule has 72 valence electrons. The summed E-state index contributed by atoms with van der Waals surface area (Å²) in [5.41, 5.74) is 6.18. The maximum absolute atomic E-state index is 6.18. The highest BCUT2D eigenvalue weighted by Gasteiger charge is 2.21. The molecule has 0 bridgehead atoms. The van der Waals surface area contributed by atoms with Gasteiger partial charge in [-0.1, -0.05) is 18.9 Å². The van der Waals surface area contributed by atoms with Crippen LogP contribution in [0, 0.1) is 5.92 Å². The van der Waals surface area contributed by atoms with E-state index in [1.807, 2.05) is 11.3 Å². The highest BCUT2D eigenvalue weighted by atomic mass is 32.1. The Morgan fingerprint density at radius 3 is 2.85 bits per heavy atom. The Bertz CT molecular complexity index is 237. The molecule has 1 atom stereocenters. The van der Waals surface area contributed by atoms with Crippen LogP contribution in [0.15, 0.2) is 17.5 Å². The van der Waals surface area contributed by atoms with E-state index in [1.54, 1.807) is 0 Å². The minimum atomic E-state index is 0.404. The highest BCUT2D eigenvalue weighted by Crippen LogP contribution is 2.28. The van der Waals surface area contributed by atoms with E-state index in [0.29, 0.717) is 6.04 Å². The van der Waals surface area contributed by atoms with Crippen molar-refractivity contribution in [2.75, 3.05) is 0 Å². The zero-order chi connectivity index (χ0) is 9.10. The van der Waals surface area contributed by atoms with Crippen LogP contribution in [0.1, 0.15) is 30.6 Å². The van der Waals surface area contributed by atoms with E-state index in [9.17, 15) is 0 Å². The lowest BCUT2D eigenvalue weighted by molar-refractivity contribution is 0.431. The maximum atomic E-state index is 6.18. The summed E-state index contributed by atoms with van der Waals surface area (Å²) in [6.45, 7) is 0. The zero-order valence-electron chi connectivity index (χ0n) is 7.91. The van der Waals surface area contributed by atoms with Gasteiger partial charge in [0, 0.05) is 10.9 Å². The summed E-state index contributed by atoms with van der Waals surface area (Å²) in [5.74, 6) is 0.794. The van der Waals surface area contributed by atoms with Crippen molar-refractivity contribution in [1.82, 2.24) is 0 Å². The molecule has 2 rings (SSSR count). The molecule has 1 aliphatic rings. The molecule has 1 aromatic rings. The number of rotatable bonds is 3. The third-order valence-corrected chi connectivity index (χ3v) is 3.92. The standard InChI is InChI=1S/C11H17NS/c12-11(9-4-1-2-5-9)8-10-6-3-7-13-10/h3,6-7,9,11H,1-2,4-5,8,12H2. The number of thiophene rings is 1. The van der Waals surface area contributed by atoms with Gasteiger partial charge in [-0.05, 0) is 36.6 Å².